The lowest BCUT2D eigenvalue weighted by Crippen LogP contribution is -2.04. The van der Waals surface area contributed by atoms with Crippen LogP contribution in [0.5, 0.6) is 0 Å². The molecule has 0 aliphatic heterocycles. The monoisotopic (exact) mass is 160 g/mol. The molecule has 0 bridgehead atoms. The number of allylic oxidation sites excluding steroid dienone is 1. The van der Waals surface area contributed by atoms with Crippen LogP contribution in [0.2, 0.25) is 0 Å². The largest absolute Gasteiger partial charge is 0.238 e. The van der Waals surface area contributed by atoms with Gasteiger partial charge < -0.3 is 0 Å². The average Bonchev–Trinajstić information content (AvgIpc) is 2.04. The van der Waals surface area contributed by atoms with Crippen LogP contribution >= 0.6 is 0 Å². The fourth-order valence-corrected chi connectivity index (χ4v) is 1.62. The molecule has 0 amide bonds. The van der Waals surface area contributed by atoms with Crippen molar-refractivity contribution in [3.05, 3.63) is 28.9 Å². The van der Waals surface area contributed by atoms with Crippen LogP contribution < -0.4 is 0 Å². The van der Waals surface area contributed by atoms with Crippen LogP contribution in [0.4, 0.5) is 0 Å². The molecule has 12 heavy (non-hydrogen) atoms. The number of aryl methyl sites for hydroxylation is 3. The van der Waals surface area contributed by atoms with E-state index in [4.69, 9.17) is 0 Å². The molecule has 0 saturated carbocycles. The predicted molar refractivity (Wildman–Crippen MR) is 48.9 cm³/mol. The number of hydrogen-bond acceptors (Lipinski definition) is 2. The zero-order valence-electron chi connectivity index (χ0n) is 7.46. The molecule has 0 saturated heterocycles. The van der Waals surface area contributed by atoms with Crippen molar-refractivity contribution < 1.29 is 0 Å². The maximum atomic E-state index is 4.41. The second kappa shape index (κ2) is 2.70. The molecule has 2 nitrogen and oxygen atoms in total. The van der Waals surface area contributed by atoms with Crippen molar-refractivity contribution in [1.29, 1.82) is 0 Å². The van der Waals surface area contributed by atoms with Gasteiger partial charge in [0.05, 0.1) is 5.69 Å². The van der Waals surface area contributed by atoms with E-state index >= 15 is 0 Å². The summed E-state index contributed by atoms with van der Waals surface area (Å²) in [5.41, 5.74) is 3.54. The van der Waals surface area contributed by atoms with E-state index in [0.29, 0.717) is 0 Å². The van der Waals surface area contributed by atoms with Crippen LogP contribution in [0.25, 0.3) is 6.08 Å². The molecule has 0 N–H and O–H groups in total. The number of nitrogens with zero attached hydrogens (tertiary/aromatic N) is 2. The Labute approximate surface area is 72.4 Å². The summed E-state index contributed by atoms with van der Waals surface area (Å²) < 4.78 is 0. The van der Waals surface area contributed by atoms with E-state index in [9.17, 15) is 0 Å². The fourth-order valence-electron chi connectivity index (χ4n) is 1.62. The molecule has 2 rings (SSSR count). The van der Waals surface area contributed by atoms with Gasteiger partial charge in [-0.05, 0) is 26.7 Å². The minimum Gasteiger partial charge on any atom is -0.238 e. The minimum absolute atomic E-state index is 0.890. The van der Waals surface area contributed by atoms with Crippen LogP contribution in [-0.4, -0.2) is 9.97 Å². The first-order valence-corrected chi connectivity index (χ1v) is 4.28. The van der Waals surface area contributed by atoms with Gasteiger partial charge in [0.2, 0.25) is 0 Å². The normalized spacial score (nSPS) is 14.5. The Morgan fingerprint density at radius 2 is 2.08 bits per heavy atom. The third kappa shape index (κ3) is 1.13. The predicted octanol–water partition coefficient (Wildman–Crippen LogP) is 2.05. The van der Waals surface area contributed by atoms with Crippen molar-refractivity contribution >= 4 is 6.08 Å². The lowest BCUT2D eigenvalue weighted by atomic mass is 10.0. The molecule has 1 aromatic heterocycles. The quantitative estimate of drug-likeness (QED) is 0.580. The van der Waals surface area contributed by atoms with Gasteiger partial charge >= 0.3 is 0 Å². The Balaban J connectivity index is 2.62. The van der Waals surface area contributed by atoms with Gasteiger partial charge in [0.15, 0.2) is 0 Å². The topological polar surface area (TPSA) is 25.8 Å². The Kier molecular flexibility index (Phi) is 1.68. The highest BCUT2D eigenvalue weighted by atomic mass is 14.9. The minimum atomic E-state index is 0.890. The van der Waals surface area contributed by atoms with Crippen molar-refractivity contribution in [2.45, 2.75) is 26.7 Å². The van der Waals surface area contributed by atoms with Crippen LogP contribution in [0.15, 0.2) is 6.08 Å². The lowest BCUT2D eigenvalue weighted by molar-refractivity contribution is 0.868. The first kappa shape index (κ1) is 7.47. The summed E-state index contributed by atoms with van der Waals surface area (Å²) in [7, 11) is 0. The molecular formula is C10H12N2. The fraction of sp³-hybridized carbons (Fsp3) is 0.400. The van der Waals surface area contributed by atoms with Gasteiger partial charge in [0, 0.05) is 11.3 Å². The summed E-state index contributed by atoms with van der Waals surface area (Å²) in [6.45, 7) is 3.99. The standard InChI is InChI=1S/C10H12N2/c1-7-9-5-3-4-6-10(9)12-8(2)11-7/h3,5H,4,6H2,1-2H3. The molecule has 2 heteroatoms. The molecule has 1 aliphatic rings. The number of rotatable bonds is 0. The number of fused-ring (bicyclic) bond motifs is 1. The molecule has 1 heterocycles. The third-order valence-corrected chi connectivity index (χ3v) is 2.16. The molecule has 0 aromatic carbocycles. The van der Waals surface area contributed by atoms with Crippen LogP contribution in [0.1, 0.15) is 29.2 Å². The SMILES string of the molecule is Cc1nc(C)c2c(n1)CCC=C2. The molecule has 0 fully saturated rings. The van der Waals surface area contributed by atoms with E-state index < -0.39 is 0 Å². The van der Waals surface area contributed by atoms with Gasteiger partial charge in [0.25, 0.3) is 0 Å². The van der Waals surface area contributed by atoms with E-state index in [1.54, 1.807) is 0 Å². The Morgan fingerprint density at radius 1 is 1.25 bits per heavy atom. The number of aromatic nitrogens is 2. The van der Waals surface area contributed by atoms with Gasteiger partial charge in [-0.15, -0.1) is 0 Å². The molecule has 0 atom stereocenters. The van der Waals surface area contributed by atoms with Gasteiger partial charge in [-0.3, -0.25) is 0 Å². The molecule has 1 aromatic rings. The zero-order valence-corrected chi connectivity index (χ0v) is 7.46. The second-order valence-electron chi connectivity index (χ2n) is 3.16. The highest BCUT2D eigenvalue weighted by Gasteiger charge is 2.09. The van der Waals surface area contributed by atoms with E-state index in [2.05, 4.69) is 22.1 Å². The molecule has 0 spiro atoms. The van der Waals surface area contributed by atoms with Crippen molar-refractivity contribution in [1.82, 2.24) is 9.97 Å². The highest BCUT2D eigenvalue weighted by Crippen LogP contribution is 2.19. The zero-order chi connectivity index (χ0) is 8.55. The van der Waals surface area contributed by atoms with E-state index in [0.717, 1.165) is 24.4 Å². The van der Waals surface area contributed by atoms with Gasteiger partial charge in [-0.2, -0.15) is 0 Å². The van der Waals surface area contributed by atoms with Crippen molar-refractivity contribution in [2.75, 3.05) is 0 Å². The van der Waals surface area contributed by atoms with Crippen molar-refractivity contribution in [3.8, 4) is 0 Å². The molecular weight excluding hydrogens is 148 g/mol. The van der Waals surface area contributed by atoms with Crippen molar-refractivity contribution in [3.63, 3.8) is 0 Å². The van der Waals surface area contributed by atoms with Crippen LogP contribution in [0.3, 0.4) is 0 Å². The lowest BCUT2D eigenvalue weighted by Gasteiger charge is -2.11. The Morgan fingerprint density at radius 3 is 2.92 bits per heavy atom. The molecule has 0 radical (unpaired) electrons. The summed E-state index contributed by atoms with van der Waals surface area (Å²) >= 11 is 0. The molecule has 62 valence electrons. The number of hydrogen-bond donors (Lipinski definition) is 0. The van der Waals surface area contributed by atoms with Gasteiger partial charge in [-0.1, -0.05) is 12.2 Å². The first-order chi connectivity index (χ1) is 5.77. The van der Waals surface area contributed by atoms with E-state index in [1.165, 1.54) is 11.3 Å². The highest BCUT2D eigenvalue weighted by molar-refractivity contribution is 5.56. The summed E-state index contributed by atoms with van der Waals surface area (Å²) in [6, 6.07) is 0. The summed E-state index contributed by atoms with van der Waals surface area (Å²) in [5.74, 6) is 0.890. The molecule has 0 unspecified atom stereocenters. The maximum absolute atomic E-state index is 4.41. The third-order valence-electron chi connectivity index (χ3n) is 2.16. The van der Waals surface area contributed by atoms with E-state index in [-0.39, 0.29) is 0 Å². The summed E-state index contributed by atoms with van der Waals surface area (Å²) in [4.78, 5) is 8.74. The van der Waals surface area contributed by atoms with Crippen LogP contribution in [-0.2, 0) is 6.42 Å². The van der Waals surface area contributed by atoms with Crippen LogP contribution in [0, 0.1) is 13.8 Å². The average molecular weight is 160 g/mol. The maximum Gasteiger partial charge on any atom is 0.125 e. The second-order valence-corrected chi connectivity index (χ2v) is 3.16. The smallest absolute Gasteiger partial charge is 0.125 e. The Hall–Kier alpha value is -1.18. The van der Waals surface area contributed by atoms with Gasteiger partial charge in [-0.25, -0.2) is 9.97 Å². The first-order valence-electron chi connectivity index (χ1n) is 4.28. The summed E-state index contributed by atoms with van der Waals surface area (Å²) in [6.07, 6.45) is 6.50. The van der Waals surface area contributed by atoms with Gasteiger partial charge in [0.1, 0.15) is 5.82 Å². The summed E-state index contributed by atoms with van der Waals surface area (Å²) in [5, 5.41) is 0. The van der Waals surface area contributed by atoms with E-state index in [1.807, 2.05) is 13.8 Å². The molecule has 1 aliphatic carbocycles. The Bertz CT molecular complexity index is 340. The van der Waals surface area contributed by atoms with Crippen molar-refractivity contribution in [2.24, 2.45) is 0 Å².